The van der Waals surface area contributed by atoms with E-state index in [1.54, 1.807) is 0 Å². The lowest BCUT2D eigenvalue weighted by Gasteiger charge is -2.43. The third-order valence-electron chi connectivity index (χ3n) is 4.39. The molecule has 2 heterocycles. The second-order valence-electron chi connectivity index (χ2n) is 5.79. The summed E-state index contributed by atoms with van der Waals surface area (Å²) < 4.78 is 5.41. The number of aliphatic hydroxyl groups excluding tert-OH is 1. The van der Waals surface area contributed by atoms with Crippen molar-refractivity contribution in [3.8, 4) is 0 Å². The molecular formula is C16H24N2O2. The Labute approximate surface area is 120 Å². The second-order valence-corrected chi connectivity index (χ2v) is 5.79. The fourth-order valence-electron chi connectivity index (χ4n) is 3.24. The topological polar surface area (TPSA) is 35.9 Å². The van der Waals surface area contributed by atoms with Crippen molar-refractivity contribution in [2.45, 2.75) is 25.1 Å². The van der Waals surface area contributed by atoms with E-state index < -0.39 is 0 Å². The van der Waals surface area contributed by atoms with Crippen LogP contribution in [-0.2, 0) is 11.3 Å². The Hall–Kier alpha value is -0.940. The van der Waals surface area contributed by atoms with Crippen LogP contribution in [0.3, 0.4) is 0 Å². The molecule has 1 aromatic rings. The maximum Gasteiger partial charge on any atom is 0.0720 e. The van der Waals surface area contributed by atoms with Crippen molar-refractivity contribution in [1.29, 1.82) is 0 Å². The van der Waals surface area contributed by atoms with Crippen LogP contribution in [0.5, 0.6) is 0 Å². The predicted molar refractivity (Wildman–Crippen MR) is 78.5 cm³/mol. The van der Waals surface area contributed by atoms with Gasteiger partial charge in [0.1, 0.15) is 0 Å². The van der Waals surface area contributed by atoms with Crippen LogP contribution in [0.4, 0.5) is 0 Å². The Morgan fingerprint density at radius 2 is 1.85 bits per heavy atom. The van der Waals surface area contributed by atoms with Gasteiger partial charge in [0.2, 0.25) is 0 Å². The number of benzene rings is 1. The average molecular weight is 276 g/mol. The van der Waals surface area contributed by atoms with Gasteiger partial charge in [0.25, 0.3) is 0 Å². The van der Waals surface area contributed by atoms with Gasteiger partial charge in [-0.3, -0.25) is 9.80 Å². The van der Waals surface area contributed by atoms with Gasteiger partial charge in [-0.05, 0) is 12.0 Å². The van der Waals surface area contributed by atoms with Gasteiger partial charge in [0, 0.05) is 38.8 Å². The minimum absolute atomic E-state index is 0.194. The SMILES string of the molecule is O[C@@H]1CCN(Cc2ccccc2)C[C@H]1N1CCOCC1. The molecule has 0 amide bonds. The summed E-state index contributed by atoms with van der Waals surface area (Å²) in [6, 6.07) is 10.8. The number of ether oxygens (including phenoxy) is 1. The van der Waals surface area contributed by atoms with Crippen LogP contribution in [-0.4, -0.2) is 66.4 Å². The molecule has 2 aliphatic heterocycles. The highest BCUT2D eigenvalue weighted by molar-refractivity contribution is 5.14. The highest BCUT2D eigenvalue weighted by Crippen LogP contribution is 2.19. The first kappa shape index (κ1) is 14.0. The number of hydrogen-bond donors (Lipinski definition) is 1. The van der Waals surface area contributed by atoms with Crippen LogP contribution < -0.4 is 0 Å². The number of morpholine rings is 1. The van der Waals surface area contributed by atoms with E-state index in [9.17, 15) is 5.11 Å². The van der Waals surface area contributed by atoms with Crippen molar-refractivity contribution in [2.75, 3.05) is 39.4 Å². The Kier molecular flexibility index (Phi) is 4.68. The molecule has 4 heteroatoms. The zero-order valence-corrected chi connectivity index (χ0v) is 11.9. The van der Waals surface area contributed by atoms with Crippen molar-refractivity contribution in [1.82, 2.24) is 9.80 Å². The van der Waals surface area contributed by atoms with E-state index >= 15 is 0 Å². The zero-order valence-electron chi connectivity index (χ0n) is 11.9. The Balaban J connectivity index is 1.60. The number of hydrogen-bond acceptors (Lipinski definition) is 4. The van der Waals surface area contributed by atoms with Gasteiger partial charge in [0.05, 0.1) is 19.3 Å². The van der Waals surface area contributed by atoms with Gasteiger partial charge in [-0.2, -0.15) is 0 Å². The smallest absolute Gasteiger partial charge is 0.0720 e. The maximum atomic E-state index is 10.3. The average Bonchev–Trinajstić information content (AvgIpc) is 2.51. The highest BCUT2D eigenvalue weighted by atomic mass is 16.5. The largest absolute Gasteiger partial charge is 0.391 e. The van der Waals surface area contributed by atoms with Crippen LogP contribution in [0, 0.1) is 0 Å². The predicted octanol–water partition coefficient (Wildman–Crippen LogP) is 0.954. The van der Waals surface area contributed by atoms with Gasteiger partial charge < -0.3 is 9.84 Å². The Morgan fingerprint density at radius 3 is 2.60 bits per heavy atom. The lowest BCUT2D eigenvalue weighted by atomic mass is 9.99. The molecule has 2 fully saturated rings. The molecule has 0 aromatic heterocycles. The second kappa shape index (κ2) is 6.68. The van der Waals surface area contributed by atoms with E-state index in [0.29, 0.717) is 0 Å². The summed E-state index contributed by atoms with van der Waals surface area (Å²) in [7, 11) is 0. The van der Waals surface area contributed by atoms with Gasteiger partial charge in [-0.1, -0.05) is 30.3 Å². The standard InChI is InChI=1S/C16H24N2O2/c19-16-6-7-17(12-14-4-2-1-3-5-14)13-15(16)18-8-10-20-11-9-18/h1-5,15-16,19H,6-13H2/t15-,16-/m1/s1. The molecule has 3 rings (SSSR count). The highest BCUT2D eigenvalue weighted by Gasteiger charge is 2.32. The summed E-state index contributed by atoms with van der Waals surface area (Å²) in [4.78, 5) is 4.85. The molecule has 0 aliphatic carbocycles. The van der Waals surface area contributed by atoms with E-state index in [1.807, 2.05) is 0 Å². The summed E-state index contributed by atoms with van der Waals surface area (Å²) in [6.07, 6.45) is 0.676. The molecule has 20 heavy (non-hydrogen) atoms. The zero-order chi connectivity index (χ0) is 13.8. The molecule has 0 radical (unpaired) electrons. The fourth-order valence-corrected chi connectivity index (χ4v) is 3.24. The third kappa shape index (κ3) is 3.38. The summed E-state index contributed by atoms with van der Waals surface area (Å²) in [5.74, 6) is 0. The summed E-state index contributed by atoms with van der Waals surface area (Å²) in [6.45, 7) is 6.40. The minimum Gasteiger partial charge on any atom is -0.391 e. The van der Waals surface area contributed by atoms with E-state index in [-0.39, 0.29) is 12.1 Å². The third-order valence-corrected chi connectivity index (χ3v) is 4.39. The Morgan fingerprint density at radius 1 is 1.10 bits per heavy atom. The first-order chi connectivity index (χ1) is 9.83. The molecule has 2 aliphatic rings. The summed E-state index contributed by atoms with van der Waals surface area (Å²) in [5, 5.41) is 10.3. The number of likely N-dealkylation sites (tertiary alicyclic amines) is 1. The number of piperidine rings is 1. The Bertz CT molecular complexity index is 406. The summed E-state index contributed by atoms with van der Waals surface area (Å²) in [5.41, 5.74) is 1.35. The van der Waals surface area contributed by atoms with Crippen molar-refractivity contribution in [2.24, 2.45) is 0 Å². The number of aliphatic hydroxyl groups is 1. The number of nitrogens with zero attached hydrogens (tertiary/aromatic N) is 2. The molecular weight excluding hydrogens is 252 g/mol. The van der Waals surface area contributed by atoms with Crippen LogP contribution in [0.25, 0.3) is 0 Å². The molecule has 1 N–H and O–H groups in total. The van der Waals surface area contributed by atoms with Crippen LogP contribution >= 0.6 is 0 Å². The van der Waals surface area contributed by atoms with Crippen LogP contribution in [0.1, 0.15) is 12.0 Å². The van der Waals surface area contributed by atoms with Crippen molar-refractivity contribution in [3.05, 3.63) is 35.9 Å². The number of rotatable bonds is 3. The first-order valence-corrected chi connectivity index (χ1v) is 7.59. The first-order valence-electron chi connectivity index (χ1n) is 7.59. The molecule has 0 spiro atoms. The maximum absolute atomic E-state index is 10.3. The van der Waals surface area contributed by atoms with Gasteiger partial charge in [0.15, 0.2) is 0 Å². The molecule has 0 unspecified atom stereocenters. The van der Waals surface area contributed by atoms with Gasteiger partial charge >= 0.3 is 0 Å². The lowest BCUT2D eigenvalue weighted by Crippen LogP contribution is -2.57. The van der Waals surface area contributed by atoms with Gasteiger partial charge in [-0.25, -0.2) is 0 Å². The van der Waals surface area contributed by atoms with E-state index in [2.05, 4.69) is 40.1 Å². The van der Waals surface area contributed by atoms with Crippen molar-refractivity contribution >= 4 is 0 Å². The van der Waals surface area contributed by atoms with Crippen molar-refractivity contribution < 1.29 is 9.84 Å². The minimum atomic E-state index is -0.194. The van der Waals surface area contributed by atoms with Crippen LogP contribution in [0.2, 0.25) is 0 Å². The molecule has 110 valence electrons. The lowest BCUT2D eigenvalue weighted by molar-refractivity contribution is -0.0538. The monoisotopic (exact) mass is 276 g/mol. The van der Waals surface area contributed by atoms with E-state index in [4.69, 9.17) is 4.74 Å². The van der Waals surface area contributed by atoms with E-state index in [1.165, 1.54) is 5.56 Å². The van der Waals surface area contributed by atoms with Crippen molar-refractivity contribution in [3.63, 3.8) is 0 Å². The van der Waals surface area contributed by atoms with Gasteiger partial charge in [-0.15, -0.1) is 0 Å². The summed E-state index contributed by atoms with van der Waals surface area (Å²) >= 11 is 0. The fraction of sp³-hybridized carbons (Fsp3) is 0.625. The molecule has 0 saturated carbocycles. The molecule has 2 saturated heterocycles. The normalized spacial score (nSPS) is 29.4. The van der Waals surface area contributed by atoms with E-state index in [0.717, 1.165) is 52.4 Å². The molecule has 2 atom stereocenters. The molecule has 4 nitrogen and oxygen atoms in total. The van der Waals surface area contributed by atoms with Crippen LogP contribution in [0.15, 0.2) is 30.3 Å². The quantitative estimate of drug-likeness (QED) is 0.892. The molecule has 0 bridgehead atoms. The molecule has 1 aromatic carbocycles.